The molecule has 0 atom stereocenters. The number of likely N-dealkylation sites (tertiary alicyclic amines) is 1. The first-order valence-corrected chi connectivity index (χ1v) is 10.9. The van der Waals surface area contributed by atoms with Gasteiger partial charge in [-0.05, 0) is 71.4 Å². The molecule has 0 aromatic heterocycles. The van der Waals surface area contributed by atoms with Gasteiger partial charge in [0.2, 0.25) is 0 Å². The molecule has 2 fully saturated rings. The summed E-state index contributed by atoms with van der Waals surface area (Å²) in [4.78, 5) is 7.85. The molecule has 0 amide bonds. The van der Waals surface area contributed by atoms with Gasteiger partial charge in [0.05, 0.1) is 0 Å². The standard InChI is InChI=1S/C15H31N3.3C2H6/c1-3-7-17-8-4-9-18(13-12-17)14-15-5-10-16(2)11-6-15;3*1-2/h15H,3-14H2,1-2H3;3*1-2H3. The zero-order valence-electron chi connectivity index (χ0n) is 18.4. The van der Waals surface area contributed by atoms with Crippen molar-refractivity contribution in [1.29, 1.82) is 0 Å². The van der Waals surface area contributed by atoms with Crippen molar-refractivity contribution in [3.8, 4) is 0 Å². The van der Waals surface area contributed by atoms with Crippen LogP contribution >= 0.6 is 0 Å². The molecule has 0 N–H and O–H groups in total. The lowest BCUT2D eigenvalue weighted by atomic mass is 9.96. The molecule has 0 radical (unpaired) electrons. The molecular formula is C21H49N3. The van der Waals surface area contributed by atoms with E-state index >= 15 is 0 Å². The quantitative estimate of drug-likeness (QED) is 0.724. The average Bonchev–Trinajstić information content (AvgIpc) is 2.88. The van der Waals surface area contributed by atoms with Crippen LogP contribution in [0.15, 0.2) is 0 Å². The van der Waals surface area contributed by atoms with Gasteiger partial charge in [-0.1, -0.05) is 48.5 Å². The fourth-order valence-electron chi connectivity index (χ4n) is 3.36. The lowest BCUT2D eigenvalue weighted by Crippen LogP contribution is -2.38. The van der Waals surface area contributed by atoms with E-state index in [1.54, 1.807) is 0 Å². The van der Waals surface area contributed by atoms with Crippen LogP contribution in [0, 0.1) is 5.92 Å². The van der Waals surface area contributed by atoms with Crippen molar-refractivity contribution in [3.63, 3.8) is 0 Å². The summed E-state index contributed by atoms with van der Waals surface area (Å²) in [7, 11) is 2.25. The van der Waals surface area contributed by atoms with Crippen LogP contribution in [0.5, 0.6) is 0 Å². The number of rotatable bonds is 4. The van der Waals surface area contributed by atoms with E-state index in [1.807, 2.05) is 41.5 Å². The van der Waals surface area contributed by atoms with Crippen molar-refractivity contribution >= 4 is 0 Å². The highest BCUT2D eigenvalue weighted by molar-refractivity contribution is 4.76. The molecule has 0 bridgehead atoms. The van der Waals surface area contributed by atoms with Crippen molar-refractivity contribution in [2.75, 3.05) is 59.4 Å². The van der Waals surface area contributed by atoms with Gasteiger partial charge in [0.1, 0.15) is 0 Å². The molecule has 24 heavy (non-hydrogen) atoms. The Morgan fingerprint density at radius 2 is 1.21 bits per heavy atom. The Bertz CT molecular complexity index is 225. The zero-order chi connectivity index (χ0) is 18.8. The summed E-state index contributed by atoms with van der Waals surface area (Å²) in [5, 5.41) is 0. The topological polar surface area (TPSA) is 9.72 Å². The molecule has 3 nitrogen and oxygen atoms in total. The minimum atomic E-state index is 0.957. The molecule has 2 heterocycles. The summed E-state index contributed by atoms with van der Waals surface area (Å²) in [6.07, 6.45) is 5.49. The highest BCUT2D eigenvalue weighted by Crippen LogP contribution is 2.18. The lowest BCUT2D eigenvalue weighted by molar-refractivity contribution is 0.162. The van der Waals surface area contributed by atoms with Gasteiger partial charge in [-0.15, -0.1) is 0 Å². The normalized spacial score (nSPS) is 20.5. The number of hydrogen-bond acceptors (Lipinski definition) is 3. The summed E-state index contributed by atoms with van der Waals surface area (Å²) >= 11 is 0. The van der Waals surface area contributed by atoms with Crippen LogP contribution in [-0.4, -0.2) is 74.1 Å². The summed E-state index contributed by atoms with van der Waals surface area (Å²) in [5.41, 5.74) is 0. The first-order chi connectivity index (χ1) is 11.8. The fraction of sp³-hybridized carbons (Fsp3) is 1.00. The summed E-state index contributed by atoms with van der Waals surface area (Å²) < 4.78 is 0. The fourth-order valence-corrected chi connectivity index (χ4v) is 3.36. The molecule has 2 saturated heterocycles. The summed E-state index contributed by atoms with van der Waals surface area (Å²) in [6.45, 7) is 24.8. The van der Waals surface area contributed by atoms with Crippen LogP contribution in [0.1, 0.15) is 74.1 Å². The molecule has 2 rings (SSSR count). The van der Waals surface area contributed by atoms with Gasteiger partial charge in [-0.25, -0.2) is 0 Å². The van der Waals surface area contributed by atoms with Crippen LogP contribution in [0.4, 0.5) is 0 Å². The highest BCUT2D eigenvalue weighted by atomic mass is 15.2. The third-order valence-electron chi connectivity index (χ3n) is 4.58. The Kier molecular flexibility index (Phi) is 20.9. The molecule has 2 aliphatic heterocycles. The second-order valence-electron chi connectivity index (χ2n) is 6.24. The molecule has 0 aromatic carbocycles. The van der Waals surface area contributed by atoms with E-state index in [2.05, 4.69) is 28.7 Å². The van der Waals surface area contributed by atoms with Crippen molar-refractivity contribution in [2.24, 2.45) is 5.92 Å². The third kappa shape index (κ3) is 12.3. The molecule has 0 unspecified atom stereocenters. The molecule has 0 aromatic rings. The molecule has 2 aliphatic rings. The maximum absolute atomic E-state index is 2.73. The van der Waals surface area contributed by atoms with Crippen LogP contribution in [0.3, 0.4) is 0 Å². The first-order valence-electron chi connectivity index (χ1n) is 10.9. The van der Waals surface area contributed by atoms with Crippen molar-refractivity contribution in [2.45, 2.75) is 74.1 Å². The average molecular weight is 344 g/mol. The van der Waals surface area contributed by atoms with E-state index < -0.39 is 0 Å². The first kappa shape index (κ1) is 26.1. The van der Waals surface area contributed by atoms with Crippen LogP contribution in [0.25, 0.3) is 0 Å². The van der Waals surface area contributed by atoms with Gasteiger partial charge >= 0.3 is 0 Å². The Hall–Kier alpha value is -0.120. The van der Waals surface area contributed by atoms with E-state index in [9.17, 15) is 0 Å². The van der Waals surface area contributed by atoms with Crippen molar-refractivity contribution in [1.82, 2.24) is 14.7 Å². The monoisotopic (exact) mass is 343 g/mol. The van der Waals surface area contributed by atoms with Crippen molar-refractivity contribution < 1.29 is 0 Å². The summed E-state index contributed by atoms with van der Waals surface area (Å²) in [6, 6.07) is 0. The van der Waals surface area contributed by atoms with Crippen molar-refractivity contribution in [3.05, 3.63) is 0 Å². The molecule has 0 aliphatic carbocycles. The second kappa shape index (κ2) is 19.2. The van der Waals surface area contributed by atoms with Gasteiger partial charge in [-0.2, -0.15) is 0 Å². The Balaban J connectivity index is 0. The van der Waals surface area contributed by atoms with Crippen LogP contribution < -0.4 is 0 Å². The molecule has 3 heteroatoms. The highest BCUT2D eigenvalue weighted by Gasteiger charge is 2.21. The van der Waals surface area contributed by atoms with Gasteiger partial charge in [0.15, 0.2) is 0 Å². The third-order valence-corrected chi connectivity index (χ3v) is 4.58. The van der Waals surface area contributed by atoms with Crippen LogP contribution in [-0.2, 0) is 0 Å². The number of nitrogens with zero attached hydrogens (tertiary/aromatic N) is 3. The predicted octanol–water partition coefficient (Wildman–Crippen LogP) is 4.82. The SMILES string of the molecule is CC.CC.CC.CCCN1CCCN(CC2CCN(C)CC2)CC1. The maximum atomic E-state index is 2.73. The van der Waals surface area contributed by atoms with E-state index in [0.29, 0.717) is 0 Å². The lowest BCUT2D eigenvalue weighted by Gasteiger charge is -2.32. The Morgan fingerprint density at radius 3 is 1.75 bits per heavy atom. The Labute approximate surface area is 154 Å². The minimum absolute atomic E-state index is 0.957. The minimum Gasteiger partial charge on any atom is -0.306 e. The zero-order valence-corrected chi connectivity index (χ0v) is 18.4. The predicted molar refractivity (Wildman–Crippen MR) is 112 cm³/mol. The van der Waals surface area contributed by atoms with Crippen LogP contribution in [0.2, 0.25) is 0 Å². The van der Waals surface area contributed by atoms with Gasteiger partial charge in [-0.3, -0.25) is 0 Å². The van der Waals surface area contributed by atoms with E-state index in [-0.39, 0.29) is 0 Å². The molecule has 148 valence electrons. The second-order valence-corrected chi connectivity index (χ2v) is 6.24. The summed E-state index contributed by atoms with van der Waals surface area (Å²) in [5.74, 6) is 0.957. The smallest absolute Gasteiger partial charge is 0.0109 e. The largest absolute Gasteiger partial charge is 0.306 e. The van der Waals surface area contributed by atoms with E-state index in [1.165, 1.54) is 78.0 Å². The number of piperidine rings is 1. The molecule has 0 spiro atoms. The Morgan fingerprint density at radius 1 is 0.708 bits per heavy atom. The maximum Gasteiger partial charge on any atom is 0.0109 e. The molecule has 0 saturated carbocycles. The number of hydrogen-bond donors (Lipinski definition) is 0. The van der Waals surface area contributed by atoms with Gasteiger partial charge < -0.3 is 14.7 Å². The van der Waals surface area contributed by atoms with Gasteiger partial charge in [0.25, 0.3) is 0 Å². The van der Waals surface area contributed by atoms with E-state index in [0.717, 1.165) is 5.92 Å². The van der Waals surface area contributed by atoms with E-state index in [4.69, 9.17) is 0 Å². The molecular weight excluding hydrogens is 294 g/mol. The van der Waals surface area contributed by atoms with Gasteiger partial charge in [0, 0.05) is 19.6 Å².